The van der Waals surface area contributed by atoms with Gasteiger partial charge in [-0.2, -0.15) is 0 Å². The van der Waals surface area contributed by atoms with Crippen LogP contribution < -0.4 is 9.80 Å². The van der Waals surface area contributed by atoms with Crippen molar-refractivity contribution in [3.63, 3.8) is 0 Å². The highest BCUT2D eigenvalue weighted by atomic mass is 32.1. The van der Waals surface area contributed by atoms with Gasteiger partial charge in [0, 0.05) is 31.1 Å². The number of hydrogen-bond acceptors (Lipinski definition) is 7. The molecule has 25 heavy (non-hydrogen) atoms. The van der Waals surface area contributed by atoms with Crippen molar-refractivity contribution in [1.29, 1.82) is 0 Å². The summed E-state index contributed by atoms with van der Waals surface area (Å²) in [5.74, 6) is 1.08. The standard InChI is InChI=1S/C17H19FN6S/c1-3-13-14(18)16(21-9-19-13)24-6-4-23(5-7-24)15-12-8-11(2)25-17(12)22-10-20-15/h8-10H,3-7H2,1-2H3. The Labute approximate surface area is 149 Å². The second-order valence-corrected chi connectivity index (χ2v) is 7.29. The minimum Gasteiger partial charge on any atom is -0.352 e. The van der Waals surface area contributed by atoms with E-state index in [1.54, 1.807) is 17.7 Å². The molecule has 0 atom stereocenters. The third-order valence-corrected chi connectivity index (χ3v) is 5.45. The number of anilines is 2. The molecule has 6 nitrogen and oxygen atoms in total. The van der Waals surface area contributed by atoms with Crippen molar-refractivity contribution in [2.75, 3.05) is 36.0 Å². The normalized spacial score (nSPS) is 15.2. The smallest absolute Gasteiger partial charge is 0.187 e. The maximum atomic E-state index is 14.5. The van der Waals surface area contributed by atoms with Crippen LogP contribution in [-0.4, -0.2) is 46.1 Å². The van der Waals surface area contributed by atoms with Crippen LogP contribution in [0.3, 0.4) is 0 Å². The number of aryl methyl sites for hydroxylation is 2. The van der Waals surface area contributed by atoms with E-state index in [1.807, 2.05) is 11.8 Å². The van der Waals surface area contributed by atoms with Crippen LogP contribution in [-0.2, 0) is 6.42 Å². The predicted molar refractivity (Wildman–Crippen MR) is 97.9 cm³/mol. The van der Waals surface area contributed by atoms with Crippen molar-refractivity contribution in [3.8, 4) is 0 Å². The maximum absolute atomic E-state index is 14.5. The lowest BCUT2D eigenvalue weighted by Gasteiger charge is -2.36. The molecule has 3 aromatic heterocycles. The van der Waals surface area contributed by atoms with Gasteiger partial charge in [-0.1, -0.05) is 6.92 Å². The average Bonchev–Trinajstić information content (AvgIpc) is 3.02. The molecule has 1 saturated heterocycles. The van der Waals surface area contributed by atoms with E-state index in [-0.39, 0.29) is 5.82 Å². The summed E-state index contributed by atoms with van der Waals surface area (Å²) in [6.45, 7) is 6.92. The van der Waals surface area contributed by atoms with Crippen LogP contribution >= 0.6 is 11.3 Å². The van der Waals surface area contributed by atoms with E-state index >= 15 is 0 Å². The van der Waals surface area contributed by atoms with Gasteiger partial charge in [0.05, 0.1) is 11.1 Å². The molecule has 0 aliphatic carbocycles. The number of aromatic nitrogens is 4. The number of nitrogens with zero attached hydrogens (tertiary/aromatic N) is 6. The quantitative estimate of drug-likeness (QED) is 0.718. The Hall–Kier alpha value is -2.35. The van der Waals surface area contributed by atoms with Crippen molar-refractivity contribution >= 4 is 33.2 Å². The van der Waals surface area contributed by atoms with Crippen molar-refractivity contribution in [3.05, 3.63) is 35.1 Å². The van der Waals surface area contributed by atoms with Gasteiger partial charge in [-0.3, -0.25) is 0 Å². The molecule has 0 unspecified atom stereocenters. The van der Waals surface area contributed by atoms with Gasteiger partial charge >= 0.3 is 0 Å². The molecule has 4 heterocycles. The van der Waals surface area contributed by atoms with Gasteiger partial charge < -0.3 is 9.80 Å². The van der Waals surface area contributed by atoms with Crippen LogP contribution in [0.1, 0.15) is 17.5 Å². The fraction of sp³-hybridized carbons (Fsp3) is 0.412. The Bertz CT molecular complexity index is 903. The van der Waals surface area contributed by atoms with E-state index < -0.39 is 0 Å². The zero-order chi connectivity index (χ0) is 17.4. The molecular weight excluding hydrogens is 339 g/mol. The van der Waals surface area contributed by atoms with Gasteiger partial charge in [0.2, 0.25) is 0 Å². The SMILES string of the molecule is CCc1ncnc(N2CCN(c3ncnc4sc(C)cc34)CC2)c1F. The van der Waals surface area contributed by atoms with E-state index in [0.717, 1.165) is 29.1 Å². The molecule has 1 fully saturated rings. The third kappa shape index (κ3) is 2.90. The molecule has 0 aromatic carbocycles. The Morgan fingerprint density at radius 3 is 2.36 bits per heavy atom. The lowest BCUT2D eigenvalue weighted by molar-refractivity contribution is 0.568. The number of fused-ring (bicyclic) bond motifs is 1. The van der Waals surface area contributed by atoms with E-state index in [2.05, 4.69) is 37.8 Å². The Balaban J connectivity index is 1.55. The van der Waals surface area contributed by atoms with Gasteiger partial charge in [0.15, 0.2) is 11.6 Å². The summed E-state index contributed by atoms with van der Waals surface area (Å²) in [4.78, 5) is 23.5. The van der Waals surface area contributed by atoms with Crippen LogP contribution in [0.4, 0.5) is 16.0 Å². The van der Waals surface area contributed by atoms with Crippen molar-refractivity contribution in [2.45, 2.75) is 20.3 Å². The summed E-state index contributed by atoms with van der Waals surface area (Å²) >= 11 is 1.68. The summed E-state index contributed by atoms with van der Waals surface area (Å²) in [6, 6.07) is 2.14. The summed E-state index contributed by atoms with van der Waals surface area (Å²) in [7, 11) is 0. The molecule has 130 valence electrons. The molecule has 0 bridgehead atoms. The molecule has 1 aliphatic heterocycles. The second-order valence-electron chi connectivity index (χ2n) is 6.06. The van der Waals surface area contributed by atoms with Gasteiger partial charge in [0.1, 0.15) is 23.3 Å². The number of rotatable bonds is 3. The van der Waals surface area contributed by atoms with E-state index in [9.17, 15) is 4.39 Å². The first-order chi connectivity index (χ1) is 12.2. The van der Waals surface area contributed by atoms with Crippen LogP contribution in [0.5, 0.6) is 0 Å². The van der Waals surface area contributed by atoms with Gasteiger partial charge in [-0.05, 0) is 19.4 Å². The summed E-state index contributed by atoms with van der Waals surface area (Å²) in [5.41, 5.74) is 0.471. The number of piperazine rings is 1. The van der Waals surface area contributed by atoms with E-state index in [1.165, 1.54) is 11.2 Å². The summed E-state index contributed by atoms with van der Waals surface area (Å²) in [6.07, 6.45) is 3.64. The zero-order valence-corrected chi connectivity index (χ0v) is 15.1. The van der Waals surface area contributed by atoms with Crippen LogP contribution in [0, 0.1) is 12.7 Å². The molecule has 0 amide bonds. The van der Waals surface area contributed by atoms with Crippen molar-refractivity contribution < 1.29 is 4.39 Å². The summed E-state index contributed by atoms with van der Waals surface area (Å²) in [5, 5.41) is 1.10. The topological polar surface area (TPSA) is 58.0 Å². The highest BCUT2D eigenvalue weighted by Crippen LogP contribution is 2.30. The van der Waals surface area contributed by atoms with Crippen molar-refractivity contribution in [2.24, 2.45) is 0 Å². The molecule has 0 radical (unpaired) electrons. The molecular formula is C17H19FN6S. The van der Waals surface area contributed by atoms with Crippen LogP contribution in [0.2, 0.25) is 0 Å². The Kier molecular flexibility index (Phi) is 4.20. The minimum atomic E-state index is -0.295. The van der Waals surface area contributed by atoms with Crippen LogP contribution in [0.15, 0.2) is 18.7 Å². The molecule has 3 aromatic rings. The van der Waals surface area contributed by atoms with Gasteiger partial charge in [-0.25, -0.2) is 24.3 Å². The van der Waals surface area contributed by atoms with Gasteiger partial charge in [-0.15, -0.1) is 11.3 Å². The highest BCUT2D eigenvalue weighted by molar-refractivity contribution is 7.18. The summed E-state index contributed by atoms with van der Waals surface area (Å²) < 4.78 is 14.5. The van der Waals surface area contributed by atoms with Crippen molar-refractivity contribution in [1.82, 2.24) is 19.9 Å². The van der Waals surface area contributed by atoms with Gasteiger partial charge in [0.25, 0.3) is 0 Å². The largest absolute Gasteiger partial charge is 0.352 e. The Morgan fingerprint density at radius 2 is 1.64 bits per heavy atom. The van der Waals surface area contributed by atoms with Crippen LogP contribution in [0.25, 0.3) is 10.2 Å². The first-order valence-electron chi connectivity index (χ1n) is 8.37. The van der Waals surface area contributed by atoms with E-state index in [4.69, 9.17) is 0 Å². The fourth-order valence-electron chi connectivity index (χ4n) is 3.21. The highest BCUT2D eigenvalue weighted by Gasteiger charge is 2.24. The molecule has 0 saturated carbocycles. The molecule has 1 aliphatic rings. The fourth-order valence-corrected chi connectivity index (χ4v) is 4.05. The molecule has 0 spiro atoms. The first-order valence-corrected chi connectivity index (χ1v) is 9.19. The molecule has 0 N–H and O–H groups in total. The minimum absolute atomic E-state index is 0.295. The molecule has 8 heteroatoms. The number of hydrogen-bond donors (Lipinski definition) is 0. The second kappa shape index (κ2) is 6.51. The maximum Gasteiger partial charge on any atom is 0.187 e. The Morgan fingerprint density at radius 1 is 1.00 bits per heavy atom. The average molecular weight is 358 g/mol. The first kappa shape index (κ1) is 16.1. The van der Waals surface area contributed by atoms with E-state index in [0.29, 0.717) is 31.0 Å². The predicted octanol–water partition coefficient (Wildman–Crippen LogP) is 2.82. The third-order valence-electron chi connectivity index (χ3n) is 4.49. The lowest BCUT2D eigenvalue weighted by atomic mass is 10.2. The zero-order valence-electron chi connectivity index (χ0n) is 14.2. The molecule has 4 rings (SSSR count). The monoisotopic (exact) mass is 358 g/mol. The number of halogens is 1. The lowest BCUT2D eigenvalue weighted by Crippen LogP contribution is -2.47. The number of thiophene rings is 1.